The first kappa shape index (κ1) is 15.0. The Labute approximate surface area is 98.9 Å². The number of aliphatic hydroxyl groups excluding tert-OH is 1. The second-order valence-corrected chi connectivity index (χ2v) is 4.57. The molecule has 92 valence electrons. The second kappa shape index (κ2) is 7.29. The summed E-state index contributed by atoms with van der Waals surface area (Å²) in [5.74, 6) is -0.862. The Hall–Kier alpha value is -1.01. The van der Waals surface area contributed by atoms with Crippen LogP contribution in [-0.2, 0) is 9.59 Å². The number of carbonyl (C=O) groups is 2. The van der Waals surface area contributed by atoms with Gasteiger partial charge in [-0.25, -0.2) is 4.79 Å². The first-order chi connectivity index (χ1) is 7.34. The molecule has 0 aromatic carbocycles. The van der Waals surface area contributed by atoms with E-state index in [-0.39, 0.29) is 11.7 Å². The fraction of sp³-hybridized carbons (Fsp3) is 0.600. The van der Waals surface area contributed by atoms with E-state index in [1.165, 1.54) is 18.7 Å². The van der Waals surface area contributed by atoms with E-state index in [1.54, 1.807) is 6.92 Å². The van der Waals surface area contributed by atoms with E-state index in [9.17, 15) is 14.7 Å². The van der Waals surface area contributed by atoms with Crippen molar-refractivity contribution in [3.05, 3.63) is 12.2 Å². The lowest BCUT2D eigenvalue weighted by Gasteiger charge is -2.14. The van der Waals surface area contributed by atoms with Crippen molar-refractivity contribution < 1.29 is 19.8 Å². The number of thioether (sulfide) groups is 1. The lowest BCUT2D eigenvalue weighted by Crippen LogP contribution is -2.41. The Morgan fingerprint density at radius 3 is 2.31 bits per heavy atom. The van der Waals surface area contributed by atoms with Gasteiger partial charge in [-0.1, -0.05) is 12.2 Å². The van der Waals surface area contributed by atoms with E-state index in [4.69, 9.17) is 5.11 Å². The molecule has 0 fully saturated rings. The minimum atomic E-state index is -1.08. The zero-order chi connectivity index (χ0) is 12.7. The van der Waals surface area contributed by atoms with Gasteiger partial charge in [-0.3, -0.25) is 4.79 Å². The molecule has 0 aliphatic heterocycles. The Morgan fingerprint density at radius 2 is 1.94 bits per heavy atom. The molecule has 16 heavy (non-hydrogen) atoms. The molecule has 3 N–H and O–H groups in total. The summed E-state index contributed by atoms with van der Waals surface area (Å²) in [4.78, 5) is 21.5. The number of hydrogen-bond acceptors (Lipinski definition) is 4. The topological polar surface area (TPSA) is 86.6 Å². The van der Waals surface area contributed by atoms with Crippen LogP contribution in [-0.4, -0.2) is 45.7 Å². The van der Waals surface area contributed by atoms with Crippen molar-refractivity contribution >= 4 is 23.6 Å². The second-order valence-electron chi connectivity index (χ2n) is 3.49. The maximum atomic E-state index is 10.7. The molecule has 0 radical (unpaired) electrons. The lowest BCUT2D eigenvalue weighted by molar-refractivity contribution is -0.140. The van der Waals surface area contributed by atoms with Crippen molar-refractivity contribution in [3.8, 4) is 0 Å². The van der Waals surface area contributed by atoms with Crippen molar-refractivity contribution in [2.24, 2.45) is 0 Å². The molecule has 5 nitrogen and oxygen atoms in total. The Balaban J connectivity index is 3.99. The number of rotatable bonds is 7. The molecule has 0 aromatic rings. The van der Waals surface area contributed by atoms with E-state index < -0.39 is 18.1 Å². The van der Waals surface area contributed by atoms with Gasteiger partial charge >= 0.3 is 5.97 Å². The van der Waals surface area contributed by atoms with E-state index in [0.717, 1.165) is 0 Å². The highest BCUT2D eigenvalue weighted by molar-refractivity contribution is 7.99. The third-order valence-corrected chi connectivity index (χ3v) is 2.93. The number of hydrogen-bond donors (Lipinski definition) is 3. The number of aliphatic hydroxyl groups is 1. The molecule has 0 heterocycles. The van der Waals surface area contributed by atoms with Gasteiger partial charge in [-0.2, -0.15) is 11.8 Å². The number of nitrogens with one attached hydrogen (secondary N) is 1. The van der Waals surface area contributed by atoms with Gasteiger partial charge in [0.2, 0.25) is 5.91 Å². The van der Waals surface area contributed by atoms with Crippen molar-refractivity contribution in [2.75, 3.05) is 11.5 Å². The predicted octanol–water partition coefficient (Wildman–Crippen LogP) is 0.246. The summed E-state index contributed by atoms with van der Waals surface area (Å²) in [5.41, 5.74) is 0.638. The van der Waals surface area contributed by atoms with Crippen LogP contribution in [0.2, 0.25) is 0 Å². The number of carboxylic acids is 1. The molecule has 0 aliphatic carbocycles. The molecule has 0 spiro atoms. The van der Waals surface area contributed by atoms with Crippen LogP contribution < -0.4 is 5.32 Å². The average Bonchev–Trinajstić information content (AvgIpc) is 2.14. The quantitative estimate of drug-likeness (QED) is 0.561. The highest BCUT2D eigenvalue weighted by Crippen LogP contribution is 2.09. The fourth-order valence-corrected chi connectivity index (χ4v) is 1.97. The van der Waals surface area contributed by atoms with E-state index in [2.05, 4.69) is 11.9 Å². The third-order valence-electron chi connectivity index (χ3n) is 1.80. The maximum Gasteiger partial charge on any atom is 0.327 e. The molecule has 6 heteroatoms. The molecular weight excluding hydrogens is 230 g/mol. The van der Waals surface area contributed by atoms with Crippen LogP contribution in [0, 0.1) is 0 Å². The van der Waals surface area contributed by atoms with Crippen LogP contribution in [0.4, 0.5) is 0 Å². The van der Waals surface area contributed by atoms with Gasteiger partial charge in [0.25, 0.3) is 0 Å². The highest BCUT2D eigenvalue weighted by atomic mass is 32.2. The molecule has 0 rings (SSSR count). The molecule has 0 aliphatic rings. The van der Waals surface area contributed by atoms with Crippen LogP contribution in [0.25, 0.3) is 0 Å². The largest absolute Gasteiger partial charge is 0.480 e. The standard InChI is InChI=1S/C10H17NO4S/c1-6(2)9(13)5-16-4-8(10(14)15)11-7(3)12/h8-9,13H,1,4-5H2,2-3H3,(H,11,12)(H,14,15)/t8-,9?/m0/s1. The zero-order valence-corrected chi connectivity index (χ0v) is 10.2. The molecule has 0 saturated heterocycles. The molecule has 0 bridgehead atoms. The Morgan fingerprint density at radius 1 is 1.38 bits per heavy atom. The smallest absolute Gasteiger partial charge is 0.327 e. The maximum absolute atomic E-state index is 10.7. The van der Waals surface area contributed by atoms with Crippen LogP contribution in [0.3, 0.4) is 0 Å². The molecular formula is C10H17NO4S. The minimum absolute atomic E-state index is 0.221. The van der Waals surface area contributed by atoms with Crippen LogP contribution in [0.5, 0.6) is 0 Å². The summed E-state index contributed by atoms with van der Waals surface area (Å²) in [7, 11) is 0. The van der Waals surface area contributed by atoms with E-state index in [1.807, 2.05) is 0 Å². The normalized spacial score (nSPS) is 13.9. The summed E-state index contributed by atoms with van der Waals surface area (Å²) in [6.45, 7) is 6.56. The van der Waals surface area contributed by atoms with Gasteiger partial charge in [0.15, 0.2) is 0 Å². The lowest BCUT2D eigenvalue weighted by atomic mass is 10.2. The summed E-state index contributed by atoms with van der Waals surface area (Å²) < 4.78 is 0. The Bertz CT molecular complexity index is 280. The molecule has 0 saturated carbocycles. The van der Waals surface area contributed by atoms with Gasteiger partial charge in [0.1, 0.15) is 6.04 Å². The molecule has 1 unspecified atom stereocenters. The number of carbonyl (C=O) groups excluding carboxylic acids is 1. The van der Waals surface area contributed by atoms with Crippen molar-refractivity contribution in [1.29, 1.82) is 0 Å². The summed E-state index contributed by atoms with van der Waals surface area (Å²) in [5, 5.41) is 20.5. The molecule has 2 atom stereocenters. The third kappa shape index (κ3) is 6.47. The summed E-state index contributed by atoms with van der Waals surface area (Å²) >= 11 is 1.26. The van der Waals surface area contributed by atoms with E-state index >= 15 is 0 Å². The number of amides is 1. The minimum Gasteiger partial charge on any atom is -0.480 e. The summed E-state index contributed by atoms with van der Waals surface area (Å²) in [6, 6.07) is -0.917. The zero-order valence-electron chi connectivity index (χ0n) is 9.40. The van der Waals surface area contributed by atoms with Gasteiger partial charge in [0.05, 0.1) is 6.10 Å². The van der Waals surface area contributed by atoms with Gasteiger partial charge in [0, 0.05) is 18.4 Å². The average molecular weight is 247 g/mol. The Kier molecular flexibility index (Phi) is 6.83. The van der Waals surface area contributed by atoms with Crippen LogP contribution >= 0.6 is 11.8 Å². The van der Waals surface area contributed by atoms with Gasteiger partial charge in [-0.05, 0) is 6.92 Å². The summed E-state index contributed by atoms with van der Waals surface area (Å²) in [6.07, 6.45) is -0.642. The first-order valence-corrected chi connectivity index (χ1v) is 5.91. The van der Waals surface area contributed by atoms with Crippen molar-refractivity contribution in [2.45, 2.75) is 26.0 Å². The molecule has 0 aromatic heterocycles. The van der Waals surface area contributed by atoms with Crippen LogP contribution in [0.15, 0.2) is 12.2 Å². The highest BCUT2D eigenvalue weighted by Gasteiger charge is 2.18. The van der Waals surface area contributed by atoms with Gasteiger partial charge in [-0.15, -0.1) is 0 Å². The van der Waals surface area contributed by atoms with Crippen molar-refractivity contribution in [1.82, 2.24) is 5.32 Å². The SMILES string of the molecule is C=C(C)C(O)CSC[C@H](NC(C)=O)C(=O)O. The fourth-order valence-electron chi connectivity index (χ4n) is 0.860. The van der Waals surface area contributed by atoms with E-state index in [0.29, 0.717) is 11.3 Å². The van der Waals surface area contributed by atoms with Gasteiger partial charge < -0.3 is 15.5 Å². The number of carboxylic acid groups (broad SMARTS) is 1. The monoisotopic (exact) mass is 247 g/mol. The molecule has 1 amide bonds. The number of aliphatic carboxylic acids is 1. The van der Waals surface area contributed by atoms with Crippen LogP contribution in [0.1, 0.15) is 13.8 Å². The first-order valence-electron chi connectivity index (χ1n) is 4.75. The predicted molar refractivity (Wildman–Crippen MR) is 63.4 cm³/mol. The van der Waals surface area contributed by atoms with Crippen molar-refractivity contribution in [3.63, 3.8) is 0 Å².